The number of nitrogens with one attached hydrogen (secondary N) is 1. The molecular formula is C24H33N3O2. The lowest BCUT2D eigenvalue weighted by Gasteiger charge is -2.33. The van der Waals surface area contributed by atoms with E-state index in [1.165, 1.54) is 0 Å². The summed E-state index contributed by atoms with van der Waals surface area (Å²) in [6.45, 7) is 10.3. The van der Waals surface area contributed by atoms with Crippen LogP contribution in [0.3, 0.4) is 0 Å². The summed E-state index contributed by atoms with van der Waals surface area (Å²) < 4.78 is 2.15. The Labute approximate surface area is 174 Å². The molecule has 1 N–H and O–H groups in total. The zero-order chi connectivity index (χ0) is 21.0. The van der Waals surface area contributed by atoms with Gasteiger partial charge in [-0.2, -0.15) is 0 Å². The average molecular weight is 396 g/mol. The van der Waals surface area contributed by atoms with Crippen LogP contribution in [0, 0.1) is 26.7 Å². The minimum Gasteiger partial charge on any atom is -0.356 e. The van der Waals surface area contributed by atoms with E-state index in [1.807, 2.05) is 24.8 Å². The SMILES string of the molecule is CCCC(=O)NCC1CCCN(C(=O)c2cc(C)ccc2-n2c(C)ccc2C)C1. The first-order valence-electron chi connectivity index (χ1n) is 10.7. The molecule has 0 radical (unpaired) electrons. The molecule has 1 atom stereocenters. The van der Waals surface area contributed by atoms with E-state index >= 15 is 0 Å². The molecule has 2 aromatic rings. The maximum atomic E-state index is 13.5. The lowest BCUT2D eigenvalue weighted by Crippen LogP contribution is -2.44. The number of amides is 2. The highest BCUT2D eigenvalue weighted by Crippen LogP contribution is 2.25. The van der Waals surface area contributed by atoms with Crippen LogP contribution in [0.1, 0.15) is 59.9 Å². The standard InChI is InChI=1S/C24H33N3O2/c1-5-7-23(28)25-15-20-8-6-13-26(16-20)24(29)21-14-17(2)9-12-22(21)27-18(3)10-11-19(27)4/h9-12,14,20H,5-8,13,15-16H2,1-4H3,(H,25,28). The average Bonchev–Trinajstić information content (AvgIpc) is 3.04. The molecule has 5 nitrogen and oxygen atoms in total. The third-order valence-electron chi connectivity index (χ3n) is 5.77. The van der Waals surface area contributed by atoms with Crippen molar-refractivity contribution in [2.75, 3.05) is 19.6 Å². The number of nitrogens with zero attached hydrogens (tertiary/aromatic N) is 2. The van der Waals surface area contributed by atoms with Crippen LogP contribution in [0.15, 0.2) is 30.3 Å². The number of carbonyl (C=O) groups excluding carboxylic acids is 2. The van der Waals surface area contributed by atoms with Crippen LogP contribution in [0.5, 0.6) is 0 Å². The molecule has 2 heterocycles. The highest BCUT2D eigenvalue weighted by molar-refractivity contribution is 5.98. The van der Waals surface area contributed by atoms with Crippen molar-refractivity contribution in [3.05, 3.63) is 52.8 Å². The Morgan fingerprint density at radius 2 is 1.83 bits per heavy atom. The number of likely N-dealkylation sites (tertiary alicyclic amines) is 1. The zero-order valence-corrected chi connectivity index (χ0v) is 18.1. The van der Waals surface area contributed by atoms with Gasteiger partial charge in [0.25, 0.3) is 5.91 Å². The normalized spacial score (nSPS) is 16.7. The van der Waals surface area contributed by atoms with Crippen LogP contribution in [-0.4, -0.2) is 40.9 Å². The molecule has 1 fully saturated rings. The van der Waals surface area contributed by atoms with Crippen molar-refractivity contribution in [3.63, 3.8) is 0 Å². The van der Waals surface area contributed by atoms with E-state index in [9.17, 15) is 9.59 Å². The van der Waals surface area contributed by atoms with Gasteiger partial charge in [-0.05, 0) is 70.2 Å². The minimum absolute atomic E-state index is 0.0841. The highest BCUT2D eigenvalue weighted by Gasteiger charge is 2.27. The van der Waals surface area contributed by atoms with Crippen LogP contribution in [0.4, 0.5) is 0 Å². The number of hydrogen-bond acceptors (Lipinski definition) is 2. The Morgan fingerprint density at radius 1 is 1.10 bits per heavy atom. The van der Waals surface area contributed by atoms with Gasteiger partial charge < -0.3 is 14.8 Å². The van der Waals surface area contributed by atoms with E-state index in [4.69, 9.17) is 0 Å². The first-order valence-corrected chi connectivity index (χ1v) is 10.7. The maximum absolute atomic E-state index is 13.5. The zero-order valence-electron chi connectivity index (χ0n) is 18.1. The van der Waals surface area contributed by atoms with E-state index in [2.05, 4.69) is 48.0 Å². The van der Waals surface area contributed by atoms with Gasteiger partial charge in [-0.1, -0.05) is 18.6 Å². The van der Waals surface area contributed by atoms with Crippen molar-refractivity contribution >= 4 is 11.8 Å². The van der Waals surface area contributed by atoms with Crippen LogP contribution < -0.4 is 5.32 Å². The molecule has 5 heteroatoms. The number of piperidine rings is 1. The van der Waals surface area contributed by atoms with Crippen LogP contribution in [-0.2, 0) is 4.79 Å². The fourth-order valence-electron chi connectivity index (χ4n) is 4.22. The van der Waals surface area contributed by atoms with E-state index in [0.717, 1.165) is 54.0 Å². The third kappa shape index (κ3) is 4.89. The predicted molar refractivity (Wildman–Crippen MR) is 117 cm³/mol. The molecular weight excluding hydrogens is 362 g/mol. The summed E-state index contributed by atoms with van der Waals surface area (Å²) in [4.78, 5) is 27.3. The van der Waals surface area contributed by atoms with Crippen molar-refractivity contribution in [3.8, 4) is 5.69 Å². The number of carbonyl (C=O) groups is 2. The molecule has 2 amide bonds. The van der Waals surface area contributed by atoms with Gasteiger partial charge in [-0.15, -0.1) is 0 Å². The van der Waals surface area contributed by atoms with Crippen LogP contribution >= 0.6 is 0 Å². The monoisotopic (exact) mass is 395 g/mol. The summed E-state index contributed by atoms with van der Waals surface area (Å²) in [5.41, 5.74) is 5.02. The molecule has 3 rings (SSSR count). The first-order chi connectivity index (χ1) is 13.9. The van der Waals surface area contributed by atoms with E-state index < -0.39 is 0 Å². The van der Waals surface area contributed by atoms with E-state index in [1.54, 1.807) is 0 Å². The molecule has 0 aliphatic carbocycles. The largest absolute Gasteiger partial charge is 0.356 e. The summed E-state index contributed by atoms with van der Waals surface area (Å²) in [6.07, 6.45) is 3.45. The first kappa shape index (κ1) is 21.2. The Hall–Kier alpha value is -2.56. The fraction of sp³-hybridized carbons (Fsp3) is 0.500. The second-order valence-electron chi connectivity index (χ2n) is 8.29. The lowest BCUT2D eigenvalue weighted by atomic mass is 9.96. The van der Waals surface area contributed by atoms with Gasteiger partial charge in [0, 0.05) is 37.4 Å². The second-order valence-corrected chi connectivity index (χ2v) is 8.29. The summed E-state index contributed by atoms with van der Waals surface area (Å²) in [5.74, 6) is 0.507. The lowest BCUT2D eigenvalue weighted by molar-refractivity contribution is -0.121. The molecule has 29 heavy (non-hydrogen) atoms. The smallest absolute Gasteiger partial charge is 0.256 e. The maximum Gasteiger partial charge on any atom is 0.256 e. The minimum atomic E-state index is 0.0841. The molecule has 156 valence electrons. The van der Waals surface area contributed by atoms with Crippen molar-refractivity contribution in [2.45, 2.75) is 53.4 Å². The van der Waals surface area contributed by atoms with Gasteiger partial charge in [0.05, 0.1) is 11.3 Å². The molecule has 0 bridgehead atoms. The molecule has 0 saturated carbocycles. The number of rotatable bonds is 6. The summed E-state index contributed by atoms with van der Waals surface area (Å²) in [6, 6.07) is 10.3. The molecule has 1 aliphatic rings. The molecule has 1 aliphatic heterocycles. The molecule has 1 aromatic carbocycles. The van der Waals surface area contributed by atoms with Gasteiger partial charge >= 0.3 is 0 Å². The van der Waals surface area contributed by atoms with Crippen molar-refractivity contribution in [1.82, 2.24) is 14.8 Å². The highest BCUT2D eigenvalue weighted by atomic mass is 16.2. The van der Waals surface area contributed by atoms with E-state index in [0.29, 0.717) is 25.4 Å². The molecule has 1 saturated heterocycles. The van der Waals surface area contributed by atoms with Gasteiger partial charge in [0.2, 0.25) is 5.91 Å². The molecule has 1 unspecified atom stereocenters. The molecule has 0 spiro atoms. The fourth-order valence-corrected chi connectivity index (χ4v) is 4.22. The Morgan fingerprint density at radius 3 is 2.52 bits per heavy atom. The molecule has 1 aromatic heterocycles. The van der Waals surface area contributed by atoms with Crippen LogP contribution in [0.2, 0.25) is 0 Å². The van der Waals surface area contributed by atoms with Gasteiger partial charge in [0.15, 0.2) is 0 Å². The topological polar surface area (TPSA) is 54.3 Å². The van der Waals surface area contributed by atoms with Gasteiger partial charge in [-0.3, -0.25) is 9.59 Å². The number of aromatic nitrogens is 1. The van der Waals surface area contributed by atoms with Crippen molar-refractivity contribution in [1.29, 1.82) is 0 Å². The van der Waals surface area contributed by atoms with Gasteiger partial charge in [0.1, 0.15) is 0 Å². The Kier molecular flexibility index (Phi) is 6.78. The number of hydrogen-bond donors (Lipinski definition) is 1. The summed E-state index contributed by atoms with van der Waals surface area (Å²) in [7, 11) is 0. The summed E-state index contributed by atoms with van der Waals surface area (Å²) >= 11 is 0. The Balaban J connectivity index is 1.79. The van der Waals surface area contributed by atoms with Crippen molar-refractivity contribution in [2.24, 2.45) is 5.92 Å². The predicted octanol–water partition coefficient (Wildman–Crippen LogP) is 4.17. The third-order valence-corrected chi connectivity index (χ3v) is 5.77. The second kappa shape index (κ2) is 9.29. The van der Waals surface area contributed by atoms with Gasteiger partial charge in [-0.25, -0.2) is 0 Å². The Bertz CT molecular complexity index is 865. The van der Waals surface area contributed by atoms with E-state index in [-0.39, 0.29) is 11.8 Å². The van der Waals surface area contributed by atoms with Crippen LogP contribution in [0.25, 0.3) is 5.69 Å². The number of benzene rings is 1. The quantitative estimate of drug-likeness (QED) is 0.798. The van der Waals surface area contributed by atoms with Crippen molar-refractivity contribution < 1.29 is 9.59 Å². The number of aryl methyl sites for hydroxylation is 3. The summed E-state index contributed by atoms with van der Waals surface area (Å²) in [5, 5.41) is 3.03.